The van der Waals surface area contributed by atoms with E-state index in [1.165, 1.54) is 12.1 Å². The summed E-state index contributed by atoms with van der Waals surface area (Å²) in [6, 6.07) is 4.54. The van der Waals surface area contributed by atoms with Gasteiger partial charge < -0.3 is 4.90 Å². The first-order chi connectivity index (χ1) is 12.7. The number of amides is 2. The van der Waals surface area contributed by atoms with Crippen LogP contribution in [0.5, 0.6) is 0 Å². The lowest BCUT2D eigenvalue weighted by atomic mass is 9.66. The average Bonchev–Trinajstić information content (AvgIpc) is 3.37. The fraction of sp³-hybridized carbons (Fsp3) is 0.526. The molecule has 140 valence electrons. The number of imide groups is 1. The second-order valence-electron chi connectivity index (χ2n) is 8.06. The van der Waals surface area contributed by atoms with Gasteiger partial charge in [-0.1, -0.05) is 0 Å². The van der Waals surface area contributed by atoms with E-state index in [9.17, 15) is 22.8 Å². The molecule has 2 bridgehead atoms. The van der Waals surface area contributed by atoms with E-state index in [4.69, 9.17) is 5.26 Å². The highest BCUT2D eigenvalue weighted by molar-refractivity contribution is 6.22. The molecule has 0 aromatic heterocycles. The Bertz CT molecular complexity index is 920. The summed E-state index contributed by atoms with van der Waals surface area (Å²) in [7, 11) is 1.95. The lowest BCUT2D eigenvalue weighted by Crippen LogP contribution is -2.58. The molecule has 2 aliphatic carbocycles. The molecule has 3 heterocycles. The van der Waals surface area contributed by atoms with Gasteiger partial charge in [-0.15, -0.1) is 0 Å². The van der Waals surface area contributed by atoms with E-state index in [2.05, 4.69) is 4.90 Å². The standard InChI is InChI=1S/C19H16F3N3O2/c1-24-7-12-10-5-11(10)16(24)15-14(12)17(26)25(18(15)27)9-3-2-8(6-23)13(4-9)19(20,21)22/h2-4,10-12,14-16H,5,7H2,1H3/t10?,11?,12-,14+,15+,16+/m1/s1. The average molecular weight is 375 g/mol. The third-order valence-electron chi connectivity index (χ3n) is 6.80. The molecule has 0 spiro atoms. The van der Waals surface area contributed by atoms with Crippen molar-refractivity contribution in [2.75, 3.05) is 18.5 Å². The van der Waals surface area contributed by atoms with Gasteiger partial charge in [-0.2, -0.15) is 18.4 Å². The number of carbonyl (C=O) groups is 2. The first-order valence-electron chi connectivity index (χ1n) is 8.93. The molecule has 5 aliphatic rings. The van der Waals surface area contributed by atoms with Crippen molar-refractivity contribution < 1.29 is 22.8 Å². The minimum absolute atomic E-state index is 0.00748. The maximum Gasteiger partial charge on any atom is 0.417 e. The molecule has 2 saturated carbocycles. The number of hydrogen-bond donors (Lipinski definition) is 0. The van der Waals surface area contributed by atoms with E-state index >= 15 is 0 Å². The number of nitriles is 1. The first kappa shape index (κ1) is 16.8. The van der Waals surface area contributed by atoms with Crippen molar-refractivity contribution >= 4 is 17.5 Å². The van der Waals surface area contributed by atoms with Gasteiger partial charge in [0.25, 0.3) is 0 Å². The predicted molar refractivity (Wildman–Crippen MR) is 87.1 cm³/mol. The van der Waals surface area contributed by atoms with Gasteiger partial charge in [0.2, 0.25) is 11.8 Å². The van der Waals surface area contributed by atoms with Gasteiger partial charge in [-0.3, -0.25) is 9.59 Å². The van der Waals surface area contributed by atoms with Crippen molar-refractivity contribution in [3.8, 4) is 6.07 Å². The number of benzene rings is 1. The van der Waals surface area contributed by atoms with Gasteiger partial charge in [0.05, 0.1) is 34.7 Å². The van der Waals surface area contributed by atoms with Crippen molar-refractivity contribution in [1.29, 1.82) is 5.26 Å². The Balaban J connectivity index is 1.57. The van der Waals surface area contributed by atoms with Gasteiger partial charge in [0.1, 0.15) is 0 Å². The Hall–Kier alpha value is -2.40. The number of piperidine rings is 2. The van der Waals surface area contributed by atoms with Gasteiger partial charge in [-0.05, 0) is 49.4 Å². The second kappa shape index (κ2) is 5.10. The molecule has 3 aliphatic heterocycles. The normalized spacial score (nSPS) is 37.2. The maximum absolute atomic E-state index is 13.3. The molecule has 2 unspecified atom stereocenters. The quantitative estimate of drug-likeness (QED) is 0.707. The molecule has 6 rings (SSSR count). The Labute approximate surface area is 153 Å². The van der Waals surface area contributed by atoms with Gasteiger partial charge in [-0.25, -0.2) is 4.90 Å². The van der Waals surface area contributed by atoms with E-state index in [-0.39, 0.29) is 17.6 Å². The molecule has 1 aromatic carbocycles. The summed E-state index contributed by atoms with van der Waals surface area (Å²) in [5.41, 5.74) is -1.74. The Morgan fingerprint density at radius 2 is 1.81 bits per heavy atom. The van der Waals surface area contributed by atoms with Gasteiger partial charge >= 0.3 is 6.18 Å². The van der Waals surface area contributed by atoms with Crippen molar-refractivity contribution in [1.82, 2.24) is 4.90 Å². The molecular formula is C19H16F3N3O2. The number of hydrogen-bond acceptors (Lipinski definition) is 4. The Morgan fingerprint density at radius 3 is 2.48 bits per heavy atom. The number of carbonyl (C=O) groups excluding carboxylic acids is 2. The topological polar surface area (TPSA) is 64.4 Å². The van der Waals surface area contributed by atoms with Crippen LogP contribution in [0, 0.1) is 40.9 Å². The van der Waals surface area contributed by atoms with Crippen molar-refractivity contribution in [3.63, 3.8) is 0 Å². The lowest BCUT2D eigenvalue weighted by molar-refractivity contribution is -0.138. The van der Waals surface area contributed by atoms with Crippen molar-refractivity contribution in [2.45, 2.75) is 18.6 Å². The van der Waals surface area contributed by atoms with Crippen LogP contribution in [0.1, 0.15) is 17.5 Å². The molecule has 1 aromatic rings. The van der Waals surface area contributed by atoms with Gasteiger partial charge in [0, 0.05) is 12.6 Å². The molecule has 0 radical (unpaired) electrons. The van der Waals surface area contributed by atoms with Crippen LogP contribution in [-0.2, 0) is 15.8 Å². The predicted octanol–water partition coefficient (Wildman–Crippen LogP) is 2.26. The summed E-state index contributed by atoms with van der Waals surface area (Å²) >= 11 is 0. The second-order valence-corrected chi connectivity index (χ2v) is 8.06. The SMILES string of the molecule is CN1C[C@@H]2C3CC3[C@H]1[C@H]1C(=O)N(c3ccc(C#N)c(C(F)(F)F)c3)C(=O)[C@H]12. The molecule has 2 amide bonds. The highest BCUT2D eigenvalue weighted by atomic mass is 19.4. The maximum atomic E-state index is 13.3. The fourth-order valence-electron chi connectivity index (χ4n) is 5.74. The summed E-state index contributed by atoms with van der Waals surface area (Å²) in [5, 5.41) is 8.95. The van der Waals surface area contributed by atoms with E-state index in [1.54, 1.807) is 0 Å². The first-order valence-corrected chi connectivity index (χ1v) is 8.93. The van der Waals surface area contributed by atoms with E-state index in [1.807, 2.05) is 7.05 Å². The summed E-state index contributed by atoms with van der Waals surface area (Å²) in [5.74, 6) is -0.750. The highest BCUT2D eigenvalue weighted by Crippen LogP contribution is 2.63. The van der Waals surface area contributed by atoms with Crippen LogP contribution < -0.4 is 4.90 Å². The number of rotatable bonds is 1. The number of halogens is 3. The summed E-state index contributed by atoms with van der Waals surface area (Å²) < 4.78 is 39.9. The van der Waals surface area contributed by atoms with Crippen molar-refractivity contribution in [3.05, 3.63) is 29.3 Å². The molecule has 8 heteroatoms. The lowest BCUT2D eigenvalue weighted by Gasteiger charge is -2.48. The monoisotopic (exact) mass is 375 g/mol. The van der Waals surface area contributed by atoms with Crippen LogP contribution in [0.2, 0.25) is 0 Å². The molecule has 5 nitrogen and oxygen atoms in total. The van der Waals surface area contributed by atoms with Gasteiger partial charge in [0.15, 0.2) is 0 Å². The minimum Gasteiger partial charge on any atom is -0.302 e. The van der Waals surface area contributed by atoms with E-state index in [0.29, 0.717) is 11.8 Å². The molecule has 5 fully saturated rings. The molecule has 3 saturated heterocycles. The van der Waals surface area contributed by atoms with Crippen LogP contribution in [0.25, 0.3) is 0 Å². The summed E-state index contributed by atoms with van der Waals surface area (Å²) in [6.45, 7) is 0.751. The third kappa shape index (κ3) is 2.09. The number of alkyl halides is 3. The van der Waals surface area contributed by atoms with Crippen LogP contribution in [0.3, 0.4) is 0 Å². The smallest absolute Gasteiger partial charge is 0.302 e. The molecule has 0 N–H and O–H groups in total. The van der Waals surface area contributed by atoms with E-state index < -0.39 is 41.0 Å². The van der Waals surface area contributed by atoms with Crippen LogP contribution in [0.4, 0.5) is 18.9 Å². The number of anilines is 1. The zero-order valence-corrected chi connectivity index (χ0v) is 14.4. The van der Waals surface area contributed by atoms with Crippen molar-refractivity contribution in [2.24, 2.45) is 29.6 Å². The van der Waals surface area contributed by atoms with E-state index in [0.717, 1.165) is 30.0 Å². The summed E-state index contributed by atoms with van der Waals surface area (Å²) in [6.07, 6.45) is -3.71. The fourth-order valence-corrected chi connectivity index (χ4v) is 5.74. The zero-order chi connectivity index (χ0) is 19.2. The largest absolute Gasteiger partial charge is 0.417 e. The van der Waals surface area contributed by atoms with Crippen LogP contribution in [-0.4, -0.2) is 36.3 Å². The molecule has 27 heavy (non-hydrogen) atoms. The molecule has 6 atom stereocenters. The number of fused-ring (bicyclic) bond motifs is 1. The zero-order valence-electron chi connectivity index (χ0n) is 14.4. The summed E-state index contributed by atoms with van der Waals surface area (Å²) in [4.78, 5) is 29.2. The third-order valence-corrected chi connectivity index (χ3v) is 6.80. The van der Waals surface area contributed by atoms with Crippen LogP contribution >= 0.6 is 0 Å². The Morgan fingerprint density at radius 1 is 1.11 bits per heavy atom. The number of nitrogens with zero attached hydrogens (tertiary/aromatic N) is 3. The Kier molecular flexibility index (Phi) is 3.17. The molecular weight excluding hydrogens is 359 g/mol. The van der Waals surface area contributed by atoms with Crippen LogP contribution in [0.15, 0.2) is 18.2 Å². The highest BCUT2D eigenvalue weighted by Gasteiger charge is 2.70. The minimum atomic E-state index is -4.74.